The van der Waals surface area contributed by atoms with E-state index in [0.29, 0.717) is 0 Å². The van der Waals surface area contributed by atoms with Gasteiger partial charge < -0.3 is 24.8 Å². The van der Waals surface area contributed by atoms with Crippen molar-refractivity contribution >= 4 is 23.9 Å². The van der Waals surface area contributed by atoms with E-state index in [1.54, 1.807) is 53.7 Å². The fourth-order valence-corrected chi connectivity index (χ4v) is 2.44. The summed E-state index contributed by atoms with van der Waals surface area (Å²) in [5.74, 6) is -1.73. The molecule has 9 nitrogen and oxygen atoms in total. The van der Waals surface area contributed by atoms with E-state index in [0.717, 1.165) is 5.56 Å². The summed E-state index contributed by atoms with van der Waals surface area (Å²) in [5.41, 5.74) is -0.643. The summed E-state index contributed by atoms with van der Waals surface area (Å²) >= 11 is 0. The smallest absolute Gasteiger partial charge is 0.408 e. The van der Waals surface area contributed by atoms with Crippen LogP contribution in [0.4, 0.5) is 4.79 Å². The number of esters is 2. The number of alkyl carbamates (subject to hydrolysis) is 1. The predicted octanol–water partition coefficient (Wildman–Crippen LogP) is 2.86. The van der Waals surface area contributed by atoms with Gasteiger partial charge in [0.05, 0.1) is 0 Å². The van der Waals surface area contributed by atoms with E-state index in [4.69, 9.17) is 14.2 Å². The highest BCUT2D eigenvalue weighted by atomic mass is 16.6. The van der Waals surface area contributed by atoms with Crippen LogP contribution in [0.5, 0.6) is 0 Å². The molecule has 1 atom stereocenters. The average Bonchev–Trinajstić information content (AvgIpc) is 2.66. The maximum Gasteiger partial charge on any atom is 0.408 e. The molecule has 2 amide bonds. The lowest BCUT2D eigenvalue weighted by Gasteiger charge is -2.24. The van der Waals surface area contributed by atoms with Gasteiger partial charge in [-0.2, -0.15) is 0 Å². The van der Waals surface area contributed by atoms with Gasteiger partial charge in [-0.1, -0.05) is 30.3 Å². The summed E-state index contributed by atoms with van der Waals surface area (Å²) in [5, 5.41) is 4.89. The van der Waals surface area contributed by atoms with Crippen molar-refractivity contribution in [1.29, 1.82) is 0 Å². The van der Waals surface area contributed by atoms with E-state index in [1.165, 1.54) is 0 Å². The zero-order chi connectivity index (χ0) is 24.4. The van der Waals surface area contributed by atoms with E-state index in [1.807, 2.05) is 18.2 Å². The first-order chi connectivity index (χ1) is 14.7. The lowest BCUT2D eigenvalue weighted by molar-refractivity contribution is -0.158. The van der Waals surface area contributed by atoms with Crippen LogP contribution in [0.1, 0.15) is 59.9 Å². The van der Waals surface area contributed by atoms with Crippen molar-refractivity contribution in [2.45, 2.75) is 78.2 Å². The van der Waals surface area contributed by atoms with Crippen molar-refractivity contribution in [1.82, 2.24) is 10.6 Å². The van der Waals surface area contributed by atoms with Gasteiger partial charge in [-0.3, -0.25) is 9.59 Å². The largest absolute Gasteiger partial charge is 0.459 e. The Labute approximate surface area is 189 Å². The van der Waals surface area contributed by atoms with Crippen LogP contribution >= 0.6 is 0 Å². The Balaban J connectivity index is 2.61. The predicted molar refractivity (Wildman–Crippen MR) is 117 cm³/mol. The normalized spacial score (nSPS) is 12.3. The zero-order valence-electron chi connectivity index (χ0n) is 19.7. The molecule has 1 aromatic carbocycles. The number of carbonyl (C=O) groups is 4. The molecule has 0 bridgehead atoms. The number of benzene rings is 1. The molecule has 0 radical (unpaired) electrons. The lowest BCUT2D eigenvalue weighted by Crippen LogP contribution is -2.45. The summed E-state index contributed by atoms with van der Waals surface area (Å²) in [7, 11) is 0. The van der Waals surface area contributed by atoms with Gasteiger partial charge in [0.25, 0.3) is 0 Å². The molecule has 1 rings (SSSR count). The lowest BCUT2D eigenvalue weighted by atomic mass is 10.1. The monoisotopic (exact) mass is 450 g/mol. The molecular formula is C23H34N2O7. The number of ether oxygens (including phenoxy) is 3. The van der Waals surface area contributed by atoms with Gasteiger partial charge in [0.15, 0.2) is 0 Å². The minimum atomic E-state index is -1.09. The average molecular weight is 451 g/mol. The molecule has 1 aromatic rings. The Morgan fingerprint density at radius 1 is 0.906 bits per heavy atom. The Kier molecular flexibility index (Phi) is 10.2. The van der Waals surface area contributed by atoms with E-state index >= 15 is 0 Å². The standard InChI is InChI=1S/C23H34N2O7/c1-22(2,3)31-19(27)14-24-18(26)13-12-17(20(28)32-23(4,5)6)25-21(29)30-15-16-10-8-7-9-11-16/h7-11,17H,12-15H2,1-6H3,(H,24,26)(H,25,29)/t17-/m0/s1. The Hall–Kier alpha value is -3.10. The van der Waals surface area contributed by atoms with Crippen LogP contribution < -0.4 is 10.6 Å². The Morgan fingerprint density at radius 3 is 2.06 bits per heavy atom. The molecule has 0 spiro atoms. The van der Waals surface area contributed by atoms with Crippen LogP contribution in [0.2, 0.25) is 0 Å². The van der Waals surface area contributed by atoms with Crippen LogP contribution in [0.3, 0.4) is 0 Å². The molecule has 0 saturated carbocycles. The topological polar surface area (TPSA) is 120 Å². The minimum absolute atomic E-state index is 0.0318. The molecule has 9 heteroatoms. The second-order valence-corrected chi connectivity index (χ2v) is 9.19. The first kappa shape index (κ1) is 26.9. The first-order valence-corrected chi connectivity index (χ1v) is 10.4. The third kappa shape index (κ3) is 12.6. The third-order valence-corrected chi connectivity index (χ3v) is 3.71. The molecule has 2 N–H and O–H groups in total. The van der Waals surface area contributed by atoms with Crippen molar-refractivity contribution < 1.29 is 33.4 Å². The molecule has 0 aliphatic carbocycles. The van der Waals surface area contributed by atoms with Crippen LogP contribution in [-0.2, 0) is 35.2 Å². The van der Waals surface area contributed by atoms with Gasteiger partial charge in [0.1, 0.15) is 30.4 Å². The summed E-state index contributed by atoms with van der Waals surface area (Å²) in [6, 6.07) is 7.98. The molecule has 0 aromatic heterocycles. The third-order valence-electron chi connectivity index (χ3n) is 3.71. The van der Waals surface area contributed by atoms with Gasteiger partial charge in [0.2, 0.25) is 5.91 Å². The second-order valence-electron chi connectivity index (χ2n) is 9.19. The highest BCUT2D eigenvalue weighted by Crippen LogP contribution is 2.12. The summed E-state index contributed by atoms with van der Waals surface area (Å²) in [4.78, 5) is 48.5. The first-order valence-electron chi connectivity index (χ1n) is 10.4. The summed E-state index contributed by atoms with van der Waals surface area (Å²) < 4.78 is 15.6. The number of hydrogen-bond donors (Lipinski definition) is 2. The van der Waals surface area contributed by atoms with Gasteiger partial charge >= 0.3 is 18.0 Å². The van der Waals surface area contributed by atoms with Gasteiger partial charge in [-0.25, -0.2) is 9.59 Å². The zero-order valence-corrected chi connectivity index (χ0v) is 19.7. The molecule has 0 aliphatic heterocycles. The molecule has 0 heterocycles. The van der Waals surface area contributed by atoms with Gasteiger partial charge in [-0.05, 0) is 53.5 Å². The van der Waals surface area contributed by atoms with Crippen molar-refractivity contribution in [3.8, 4) is 0 Å². The molecule has 0 saturated heterocycles. The minimum Gasteiger partial charge on any atom is -0.459 e. The molecule has 0 aliphatic rings. The summed E-state index contributed by atoms with van der Waals surface area (Å²) in [6.45, 7) is 10.0. The molecule has 0 fully saturated rings. The number of amides is 2. The maximum absolute atomic E-state index is 12.5. The molecule has 0 unspecified atom stereocenters. The van der Waals surface area contributed by atoms with E-state index in [9.17, 15) is 19.2 Å². The number of nitrogens with one attached hydrogen (secondary N) is 2. The summed E-state index contributed by atoms with van der Waals surface area (Å²) in [6.07, 6.45) is -0.958. The fraction of sp³-hybridized carbons (Fsp3) is 0.565. The molecular weight excluding hydrogens is 416 g/mol. The maximum atomic E-state index is 12.5. The van der Waals surface area contributed by atoms with Crippen LogP contribution in [0.25, 0.3) is 0 Å². The highest BCUT2D eigenvalue weighted by molar-refractivity contribution is 5.84. The van der Waals surface area contributed by atoms with Crippen LogP contribution in [0.15, 0.2) is 30.3 Å². The fourth-order valence-electron chi connectivity index (χ4n) is 2.44. The number of rotatable bonds is 9. The van der Waals surface area contributed by atoms with E-state index in [-0.39, 0.29) is 26.0 Å². The Morgan fingerprint density at radius 2 is 1.50 bits per heavy atom. The van der Waals surface area contributed by atoms with Crippen molar-refractivity contribution in [2.75, 3.05) is 6.54 Å². The highest BCUT2D eigenvalue weighted by Gasteiger charge is 2.28. The van der Waals surface area contributed by atoms with E-state index in [2.05, 4.69) is 10.6 Å². The van der Waals surface area contributed by atoms with Crippen LogP contribution in [-0.4, -0.2) is 47.7 Å². The van der Waals surface area contributed by atoms with Crippen LogP contribution in [0, 0.1) is 0 Å². The van der Waals surface area contributed by atoms with E-state index < -0.39 is 41.2 Å². The molecule has 178 valence electrons. The van der Waals surface area contributed by atoms with Gasteiger partial charge in [-0.15, -0.1) is 0 Å². The SMILES string of the molecule is CC(C)(C)OC(=O)CNC(=O)CC[C@H](NC(=O)OCc1ccccc1)C(=O)OC(C)(C)C. The van der Waals surface area contributed by atoms with Gasteiger partial charge in [0, 0.05) is 6.42 Å². The van der Waals surface area contributed by atoms with Crippen molar-refractivity contribution in [2.24, 2.45) is 0 Å². The second kappa shape index (κ2) is 12.1. The number of carbonyl (C=O) groups excluding carboxylic acids is 4. The van der Waals surface area contributed by atoms with Crippen molar-refractivity contribution in [3.63, 3.8) is 0 Å². The molecule has 32 heavy (non-hydrogen) atoms. The number of hydrogen-bond acceptors (Lipinski definition) is 7. The quantitative estimate of drug-likeness (QED) is 0.438. The van der Waals surface area contributed by atoms with Crippen molar-refractivity contribution in [3.05, 3.63) is 35.9 Å². The Bertz CT molecular complexity index is 780.